The van der Waals surface area contributed by atoms with Gasteiger partial charge in [0.1, 0.15) is 0 Å². The monoisotopic (exact) mass is 384 g/mol. The van der Waals surface area contributed by atoms with Crippen LogP contribution in [0.1, 0.15) is 5.56 Å². The van der Waals surface area contributed by atoms with Crippen molar-refractivity contribution in [1.29, 1.82) is 0 Å². The van der Waals surface area contributed by atoms with Crippen LogP contribution in [-0.4, -0.2) is 69.5 Å². The van der Waals surface area contributed by atoms with E-state index in [0.717, 1.165) is 49.5 Å². The van der Waals surface area contributed by atoms with Crippen LogP contribution in [0.3, 0.4) is 0 Å². The van der Waals surface area contributed by atoms with E-state index in [1.807, 2.05) is 30.9 Å². The highest BCUT2D eigenvalue weighted by atomic mass is 32.1. The predicted octanol–water partition coefficient (Wildman–Crippen LogP) is 2.06. The van der Waals surface area contributed by atoms with Gasteiger partial charge in [-0.2, -0.15) is 0 Å². The maximum Gasteiger partial charge on any atom is 0.240 e. The molecule has 4 rings (SSSR count). The summed E-state index contributed by atoms with van der Waals surface area (Å²) in [4.78, 5) is 25.6. The van der Waals surface area contributed by atoms with Crippen molar-refractivity contribution < 1.29 is 4.79 Å². The molecule has 1 saturated heterocycles. The van der Waals surface area contributed by atoms with Crippen LogP contribution in [0, 0.1) is 6.92 Å². The second kappa shape index (κ2) is 8.16. The van der Waals surface area contributed by atoms with Crippen molar-refractivity contribution in [2.75, 3.05) is 44.6 Å². The van der Waals surface area contributed by atoms with E-state index in [2.05, 4.69) is 42.6 Å². The fourth-order valence-corrected chi connectivity index (χ4v) is 4.27. The molecule has 1 aliphatic heterocycles. The minimum atomic E-state index is 0.0117. The molecule has 27 heavy (non-hydrogen) atoms. The Morgan fingerprint density at radius 1 is 1.19 bits per heavy atom. The van der Waals surface area contributed by atoms with Crippen molar-refractivity contribution in [1.82, 2.24) is 24.3 Å². The predicted molar refractivity (Wildman–Crippen MR) is 108 cm³/mol. The molecule has 0 radical (unpaired) electrons. The number of benzene rings is 1. The number of carbonyl (C=O) groups is 1. The third-order valence-electron chi connectivity index (χ3n) is 4.86. The number of piperazine rings is 1. The second-order valence-electron chi connectivity index (χ2n) is 6.96. The van der Waals surface area contributed by atoms with Gasteiger partial charge in [-0.15, -0.1) is 0 Å². The van der Waals surface area contributed by atoms with E-state index in [-0.39, 0.29) is 5.91 Å². The van der Waals surface area contributed by atoms with Crippen molar-refractivity contribution in [2.24, 2.45) is 0 Å². The maximum atomic E-state index is 12.4. The minimum Gasteiger partial charge on any atom is -0.336 e. The van der Waals surface area contributed by atoms with Gasteiger partial charge < -0.3 is 9.88 Å². The first-order valence-electron chi connectivity index (χ1n) is 9.23. The van der Waals surface area contributed by atoms with Gasteiger partial charge in [-0.1, -0.05) is 17.4 Å². The number of hydrogen-bond acceptors (Lipinski definition) is 6. The molecule has 3 aromatic rings. The van der Waals surface area contributed by atoms with Gasteiger partial charge in [-0.3, -0.25) is 14.6 Å². The molecule has 142 valence electrons. The molecular weight excluding hydrogens is 360 g/mol. The quantitative estimate of drug-likeness (QED) is 0.705. The van der Waals surface area contributed by atoms with Crippen LogP contribution in [-0.2, 0) is 11.3 Å². The summed E-state index contributed by atoms with van der Waals surface area (Å²) in [5, 5.41) is 3.64. The standard InChI is InChI=1S/C19H24N6OS/c1-15-2-3-16-17(12-15)27-19(21-16)22-18(26)13-24-9-6-23(7-10-24)8-11-25-5-4-20-14-25/h2-5,12,14H,6-11,13H2,1H3,(H,21,22,26). The Hall–Kier alpha value is -2.29. The maximum absolute atomic E-state index is 12.4. The van der Waals surface area contributed by atoms with Gasteiger partial charge >= 0.3 is 0 Å². The third-order valence-corrected chi connectivity index (χ3v) is 5.79. The molecule has 1 fully saturated rings. The average Bonchev–Trinajstić information content (AvgIpc) is 3.30. The first kappa shape index (κ1) is 18.1. The van der Waals surface area contributed by atoms with Crippen molar-refractivity contribution in [3.63, 3.8) is 0 Å². The number of nitrogens with zero attached hydrogens (tertiary/aromatic N) is 5. The fraction of sp³-hybridized carbons (Fsp3) is 0.421. The van der Waals surface area contributed by atoms with Crippen LogP contribution in [0.2, 0.25) is 0 Å². The van der Waals surface area contributed by atoms with Crippen molar-refractivity contribution >= 4 is 32.6 Å². The number of rotatable bonds is 6. The van der Waals surface area contributed by atoms with E-state index in [1.165, 1.54) is 16.9 Å². The number of hydrogen-bond donors (Lipinski definition) is 1. The lowest BCUT2D eigenvalue weighted by molar-refractivity contribution is -0.117. The van der Waals surface area contributed by atoms with Crippen molar-refractivity contribution in [3.05, 3.63) is 42.5 Å². The SMILES string of the molecule is Cc1ccc2nc(NC(=O)CN3CCN(CCn4ccnc4)CC3)sc2c1. The molecule has 0 spiro atoms. The Morgan fingerprint density at radius 2 is 2.00 bits per heavy atom. The highest BCUT2D eigenvalue weighted by molar-refractivity contribution is 7.22. The molecule has 0 atom stereocenters. The van der Waals surface area contributed by atoms with Crippen LogP contribution in [0.5, 0.6) is 0 Å². The van der Waals surface area contributed by atoms with Gasteiger partial charge in [-0.05, 0) is 24.6 Å². The summed E-state index contributed by atoms with van der Waals surface area (Å²) in [5.41, 5.74) is 2.14. The molecule has 7 nitrogen and oxygen atoms in total. The molecule has 0 aliphatic carbocycles. The number of anilines is 1. The summed E-state index contributed by atoms with van der Waals surface area (Å²) in [6.07, 6.45) is 5.65. The summed E-state index contributed by atoms with van der Waals surface area (Å²) in [5.74, 6) is 0.0117. The summed E-state index contributed by atoms with van der Waals surface area (Å²) >= 11 is 1.53. The number of aryl methyl sites for hydroxylation is 1. The lowest BCUT2D eigenvalue weighted by atomic mass is 10.2. The van der Waals surface area contributed by atoms with Crippen LogP contribution < -0.4 is 5.32 Å². The van der Waals surface area contributed by atoms with Gasteiger partial charge in [0.05, 0.1) is 23.1 Å². The van der Waals surface area contributed by atoms with E-state index in [4.69, 9.17) is 0 Å². The number of thiazole rings is 1. The van der Waals surface area contributed by atoms with Gasteiger partial charge in [-0.25, -0.2) is 9.97 Å². The number of amides is 1. The molecule has 2 aromatic heterocycles. The van der Waals surface area contributed by atoms with E-state index in [0.29, 0.717) is 11.7 Å². The Kier molecular flexibility index (Phi) is 5.47. The lowest BCUT2D eigenvalue weighted by Gasteiger charge is -2.34. The Labute approximate surface area is 162 Å². The van der Waals surface area contributed by atoms with Gasteiger partial charge in [0, 0.05) is 51.7 Å². The molecule has 0 unspecified atom stereocenters. The number of imidazole rings is 1. The molecule has 1 amide bonds. The van der Waals surface area contributed by atoms with E-state index in [9.17, 15) is 4.79 Å². The van der Waals surface area contributed by atoms with Gasteiger partial charge in [0.15, 0.2) is 5.13 Å². The van der Waals surface area contributed by atoms with Crippen LogP contribution in [0.4, 0.5) is 5.13 Å². The minimum absolute atomic E-state index is 0.0117. The Morgan fingerprint density at radius 3 is 2.78 bits per heavy atom. The zero-order valence-corrected chi connectivity index (χ0v) is 16.3. The highest BCUT2D eigenvalue weighted by Gasteiger charge is 2.19. The number of fused-ring (bicyclic) bond motifs is 1. The molecule has 1 N–H and O–H groups in total. The third kappa shape index (κ3) is 4.71. The van der Waals surface area contributed by atoms with E-state index >= 15 is 0 Å². The van der Waals surface area contributed by atoms with E-state index in [1.54, 1.807) is 0 Å². The first-order chi connectivity index (χ1) is 13.2. The summed E-state index contributed by atoms with van der Waals surface area (Å²) < 4.78 is 3.20. The average molecular weight is 385 g/mol. The van der Waals surface area contributed by atoms with E-state index < -0.39 is 0 Å². The number of carbonyl (C=O) groups excluding carboxylic acids is 1. The molecule has 8 heteroatoms. The van der Waals surface area contributed by atoms with Gasteiger partial charge in [0.25, 0.3) is 0 Å². The largest absolute Gasteiger partial charge is 0.336 e. The number of nitrogens with one attached hydrogen (secondary N) is 1. The van der Waals surface area contributed by atoms with Crippen LogP contribution in [0.25, 0.3) is 10.2 Å². The molecule has 3 heterocycles. The van der Waals surface area contributed by atoms with Crippen molar-refractivity contribution in [2.45, 2.75) is 13.5 Å². The molecule has 0 saturated carbocycles. The van der Waals surface area contributed by atoms with Crippen LogP contribution >= 0.6 is 11.3 Å². The van der Waals surface area contributed by atoms with Gasteiger partial charge in [0.2, 0.25) is 5.91 Å². The number of aromatic nitrogens is 3. The smallest absolute Gasteiger partial charge is 0.240 e. The fourth-order valence-electron chi connectivity index (χ4n) is 3.29. The zero-order valence-electron chi connectivity index (χ0n) is 15.5. The summed E-state index contributed by atoms with van der Waals surface area (Å²) in [7, 11) is 0. The summed E-state index contributed by atoms with van der Waals surface area (Å²) in [6.45, 7) is 8.26. The Bertz CT molecular complexity index is 898. The highest BCUT2D eigenvalue weighted by Crippen LogP contribution is 2.26. The zero-order chi connectivity index (χ0) is 18.6. The lowest BCUT2D eigenvalue weighted by Crippen LogP contribution is -2.49. The topological polar surface area (TPSA) is 66.3 Å². The second-order valence-corrected chi connectivity index (χ2v) is 7.99. The Balaban J connectivity index is 1.23. The molecular formula is C19H24N6OS. The molecule has 1 aliphatic rings. The van der Waals surface area contributed by atoms with Crippen molar-refractivity contribution in [3.8, 4) is 0 Å². The first-order valence-corrected chi connectivity index (χ1v) is 10.0. The molecule has 1 aromatic carbocycles. The van der Waals surface area contributed by atoms with Crippen LogP contribution in [0.15, 0.2) is 36.9 Å². The molecule has 0 bridgehead atoms. The summed E-state index contributed by atoms with van der Waals surface area (Å²) in [6, 6.07) is 6.14. The normalized spacial score (nSPS) is 16.0.